The van der Waals surface area contributed by atoms with Crippen LogP contribution in [0.4, 0.5) is 0 Å². The highest BCUT2D eigenvalue weighted by Gasteiger charge is 2.16. The molecule has 0 fully saturated rings. The van der Waals surface area contributed by atoms with Crippen LogP contribution < -0.4 is 5.32 Å². The number of hydrogen-bond acceptors (Lipinski definition) is 3. The SMILES string of the molecule is Cc1nn(C)c(C)c1CC(=O)NCCCC(C)(C)CO. The summed E-state index contributed by atoms with van der Waals surface area (Å²) in [6.07, 6.45) is 2.16. The molecule has 0 unspecified atom stereocenters. The molecule has 5 heteroatoms. The molecule has 1 amide bonds. The lowest BCUT2D eigenvalue weighted by Crippen LogP contribution is -2.28. The van der Waals surface area contributed by atoms with Crippen LogP contribution in [0.25, 0.3) is 0 Å². The fourth-order valence-electron chi connectivity index (χ4n) is 2.17. The van der Waals surface area contributed by atoms with Crippen LogP contribution in [0.2, 0.25) is 0 Å². The number of carbonyl (C=O) groups is 1. The van der Waals surface area contributed by atoms with E-state index in [-0.39, 0.29) is 17.9 Å². The lowest BCUT2D eigenvalue weighted by molar-refractivity contribution is -0.120. The van der Waals surface area contributed by atoms with Gasteiger partial charge in [0.25, 0.3) is 0 Å². The Morgan fingerprint density at radius 3 is 2.55 bits per heavy atom. The minimum atomic E-state index is -0.0682. The van der Waals surface area contributed by atoms with E-state index in [9.17, 15) is 4.79 Å². The number of nitrogens with one attached hydrogen (secondary N) is 1. The first-order valence-corrected chi connectivity index (χ1v) is 7.13. The monoisotopic (exact) mass is 281 g/mol. The smallest absolute Gasteiger partial charge is 0.224 e. The summed E-state index contributed by atoms with van der Waals surface area (Å²) in [5.74, 6) is 0.0333. The zero-order valence-corrected chi connectivity index (χ0v) is 13.3. The molecule has 0 spiro atoms. The standard InChI is InChI=1S/C15H27N3O2/c1-11-13(12(2)18(5)17-11)9-14(20)16-8-6-7-15(3,4)10-19/h19H,6-10H2,1-5H3,(H,16,20). The summed E-state index contributed by atoms with van der Waals surface area (Å²) in [4.78, 5) is 11.9. The Balaban J connectivity index is 2.38. The first-order chi connectivity index (χ1) is 9.26. The van der Waals surface area contributed by atoms with Gasteiger partial charge in [0.05, 0.1) is 12.1 Å². The number of hydrogen-bond donors (Lipinski definition) is 2. The minimum Gasteiger partial charge on any atom is -0.396 e. The van der Waals surface area contributed by atoms with Crippen molar-refractivity contribution in [1.82, 2.24) is 15.1 Å². The molecule has 0 aliphatic rings. The third-order valence-electron chi connectivity index (χ3n) is 3.78. The molecular weight excluding hydrogens is 254 g/mol. The van der Waals surface area contributed by atoms with Gasteiger partial charge in [-0.25, -0.2) is 0 Å². The summed E-state index contributed by atoms with van der Waals surface area (Å²) in [6, 6.07) is 0. The number of aliphatic hydroxyl groups is 1. The predicted molar refractivity (Wildman–Crippen MR) is 79.5 cm³/mol. The lowest BCUT2D eigenvalue weighted by Gasteiger charge is -2.21. The average Bonchev–Trinajstić information content (AvgIpc) is 2.61. The Morgan fingerprint density at radius 2 is 2.05 bits per heavy atom. The molecule has 5 nitrogen and oxygen atoms in total. The van der Waals surface area contributed by atoms with Gasteiger partial charge < -0.3 is 10.4 Å². The van der Waals surface area contributed by atoms with Gasteiger partial charge in [-0.1, -0.05) is 13.8 Å². The van der Waals surface area contributed by atoms with E-state index in [2.05, 4.69) is 10.4 Å². The van der Waals surface area contributed by atoms with Crippen LogP contribution in [0, 0.1) is 19.3 Å². The van der Waals surface area contributed by atoms with Crippen molar-refractivity contribution in [3.05, 3.63) is 17.0 Å². The van der Waals surface area contributed by atoms with E-state index < -0.39 is 0 Å². The Morgan fingerprint density at radius 1 is 1.40 bits per heavy atom. The second kappa shape index (κ2) is 6.88. The summed E-state index contributed by atoms with van der Waals surface area (Å²) in [5.41, 5.74) is 2.91. The van der Waals surface area contributed by atoms with Crippen molar-refractivity contribution in [2.24, 2.45) is 12.5 Å². The highest BCUT2D eigenvalue weighted by atomic mass is 16.3. The summed E-state index contributed by atoms with van der Waals surface area (Å²) in [6.45, 7) is 8.79. The van der Waals surface area contributed by atoms with Gasteiger partial charge in [0.2, 0.25) is 5.91 Å². The second-order valence-corrected chi connectivity index (χ2v) is 6.23. The number of carbonyl (C=O) groups excluding carboxylic acids is 1. The first-order valence-electron chi connectivity index (χ1n) is 7.13. The van der Waals surface area contributed by atoms with Crippen LogP contribution >= 0.6 is 0 Å². The molecule has 1 aromatic rings. The fourth-order valence-corrected chi connectivity index (χ4v) is 2.17. The zero-order valence-electron chi connectivity index (χ0n) is 13.3. The predicted octanol–water partition coefficient (Wildman–Crippen LogP) is 1.49. The van der Waals surface area contributed by atoms with Crippen molar-refractivity contribution in [3.8, 4) is 0 Å². The van der Waals surface area contributed by atoms with Gasteiger partial charge in [-0.05, 0) is 32.1 Å². The molecule has 2 N–H and O–H groups in total. The van der Waals surface area contributed by atoms with E-state index in [1.54, 1.807) is 0 Å². The van der Waals surface area contributed by atoms with Crippen molar-refractivity contribution < 1.29 is 9.90 Å². The quantitative estimate of drug-likeness (QED) is 0.744. The van der Waals surface area contributed by atoms with E-state index in [0.29, 0.717) is 13.0 Å². The summed E-state index contributed by atoms with van der Waals surface area (Å²) < 4.78 is 1.81. The van der Waals surface area contributed by atoms with Gasteiger partial charge in [0.1, 0.15) is 0 Å². The van der Waals surface area contributed by atoms with Gasteiger partial charge in [-0.2, -0.15) is 5.10 Å². The van der Waals surface area contributed by atoms with Crippen molar-refractivity contribution in [3.63, 3.8) is 0 Å². The van der Waals surface area contributed by atoms with Crippen molar-refractivity contribution >= 4 is 5.91 Å². The molecule has 0 aromatic carbocycles. The Labute approximate surface area is 121 Å². The van der Waals surface area contributed by atoms with E-state index >= 15 is 0 Å². The van der Waals surface area contributed by atoms with Crippen LogP contribution in [-0.4, -0.2) is 33.9 Å². The minimum absolute atomic E-state index is 0.0333. The average molecular weight is 281 g/mol. The van der Waals surface area contributed by atoms with Crippen LogP contribution in [0.3, 0.4) is 0 Å². The van der Waals surface area contributed by atoms with Gasteiger partial charge in [-0.15, -0.1) is 0 Å². The van der Waals surface area contributed by atoms with Crippen molar-refractivity contribution in [1.29, 1.82) is 0 Å². The third kappa shape index (κ3) is 4.63. The number of amides is 1. The first kappa shape index (κ1) is 16.7. The maximum atomic E-state index is 11.9. The van der Waals surface area contributed by atoms with E-state index in [0.717, 1.165) is 29.8 Å². The molecule has 0 aliphatic carbocycles. The topological polar surface area (TPSA) is 67.2 Å². The van der Waals surface area contributed by atoms with Gasteiger partial charge in [-0.3, -0.25) is 9.48 Å². The number of aliphatic hydroxyl groups excluding tert-OH is 1. The fraction of sp³-hybridized carbons (Fsp3) is 0.733. The van der Waals surface area contributed by atoms with Gasteiger partial charge in [0.15, 0.2) is 0 Å². The maximum Gasteiger partial charge on any atom is 0.224 e. The number of rotatable bonds is 7. The summed E-state index contributed by atoms with van der Waals surface area (Å²) in [5, 5.41) is 16.4. The Hall–Kier alpha value is -1.36. The molecule has 0 aliphatic heterocycles. The number of aryl methyl sites for hydroxylation is 2. The molecule has 20 heavy (non-hydrogen) atoms. The lowest BCUT2D eigenvalue weighted by atomic mass is 9.89. The number of aromatic nitrogens is 2. The van der Waals surface area contributed by atoms with Crippen LogP contribution in [0.5, 0.6) is 0 Å². The van der Waals surface area contributed by atoms with Crippen LogP contribution in [0.15, 0.2) is 0 Å². The third-order valence-corrected chi connectivity index (χ3v) is 3.78. The molecule has 1 aromatic heterocycles. The van der Waals surface area contributed by atoms with Gasteiger partial charge in [0, 0.05) is 31.5 Å². The van der Waals surface area contributed by atoms with E-state index in [1.165, 1.54) is 0 Å². The molecule has 114 valence electrons. The highest BCUT2D eigenvalue weighted by Crippen LogP contribution is 2.20. The number of nitrogens with zero attached hydrogens (tertiary/aromatic N) is 2. The Bertz CT molecular complexity index is 464. The van der Waals surface area contributed by atoms with Crippen molar-refractivity contribution in [2.45, 2.75) is 47.0 Å². The molecule has 0 bridgehead atoms. The van der Waals surface area contributed by atoms with Crippen LogP contribution in [0.1, 0.15) is 43.6 Å². The van der Waals surface area contributed by atoms with Crippen molar-refractivity contribution in [2.75, 3.05) is 13.2 Å². The summed E-state index contributed by atoms with van der Waals surface area (Å²) in [7, 11) is 1.89. The molecule has 0 atom stereocenters. The summed E-state index contributed by atoms with van der Waals surface area (Å²) >= 11 is 0. The largest absolute Gasteiger partial charge is 0.396 e. The molecule has 0 radical (unpaired) electrons. The van der Waals surface area contributed by atoms with E-state index in [1.807, 2.05) is 39.4 Å². The van der Waals surface area contributed by atoms with E-state index in [4.69, 9.17) is 5.11 Å². The molecule has 1 rings (SSSR count). The van der Waals surface area contributed by atoms with Gasteiger partial charge >= 0.3 is 0 Å². The second-order valence-electron chi connectivity index (χ2n) is 6.23. The zero-order chi connectivity index (χ0) is 15.3. The van der Waals surface area contributed by atoms with Crippen LogP contribution in [-0.2, 0) is 18.3 Å². The molecule has 0 saturated heterocycles. The normalized spacial score (nSPS) is 11.7. The molecule has 0 saturated carbocycles. The molecule has 1 heterocycles. The Kier molecular flexibility index (Phi) is 5.74. The molecular formula is C15H27N3O2. The maximum absolute atomic E-state index is 11.9. The highest BCUT2D eigenvalue weighted by molar-refractivity contribution is 5.79.